The summed E-state index contributed by atoms with van der Waals surface area (Å²) in [6.45, 7) is 9.61. The zero-order valence-corrected chi connectivity index (χ0v) is 12.3. The first-order valence-corrected chi connectivity index (χ1v) is 12.2. The molecule has 0 aliphatic rings. The van der Waals surface area contributed by atoms with Crippen molar-refractivity contribution >= 4 is 13.3 Å². The van der Waals surface area contributed by atoms with Gasteiger partial charge in [0.25, 0.3) is 0 Å². The van der Waals surface area contributed by atoms with Crippen LogP contribution in [-0.4, -0.2) is 13.3 Å². The van der Waals surface area contributed by atoms with Crippen LogP contribution in [0.2, 0.25) is 21.0 Å². The van der Waals surface area contributed by atoms with Crippen LogP contribution in [0.4, 0.5) is 0 Å². The molecule has 0 heterocycles. The van der Waals surface area contributed by atoms with Gasteiger partial charge in [0.2, 0.25) is 0 Å². The van der Waals surface area contributed by atoms with E-state index in [4.69, 9.17) is 0 Å². The van der Waals surface area contributed by atoms with Crippen molar-refractivity contribution in [1.29, 1.82) is 0 Å². The Morgan fingerprint density at radius 3 is 1.62 bits per heavy atom. The van der Waals surface area contributed by atoms with E-state index < -0.39 is 13.3 Å². The SMILES string of the molecule is CCCCC[CH2][Ge]([CH2]C)([CH2]C)[CH2]C. The molecule has 0 aromatic carbocycles. The Morgan fingerprint density at radius 2 is 1.23 bits per heavy atom. The summed E-state index contributed by atoms with van der Waals surface area (Å²) in [7, 11) is 0. The average molecular weight is 245 g/mol. The second-order valence-electron chi connectivity index (χ2n) is 4.37. The molecule has 1 heteroatoms. The van der Waals surface area contributed by atoms with Crippen LogP contribution in [0.15, 0.2) is 0 Å². The molecule has 0 nitrogen and oxygen atoms in total. The summed E-state index contributed by atoms with van der Waals surface area (Å²) in [6.07, 6.45) is 5.85. The van der Waals surface area contributed by atoms with E-state index in [0.29, 0.717) is 0 Å². The van der Waals surface area contributed by atoms with Gasteiger partial charge in [-0.15, -0.1) is 0 Å². The molecule has 80 valence electrons. The fraction of sp³-hybridized carbons (Fsp3) is 1.00. The quantitative estimate of drug-likeness (QED) is 0.413. The minimum atomic E-state index is -1.27. The molecule has 0 aliphatic heterocycles. The molecule has 0 aromatic heterocycles. The van der Waals surface area contributed by atoms with Gasteiger partial charge in [-0.1, -0.05) is 0 Å². The molecule has 0 bridgehead atoms. The first kappa shape index (κ1) is 13.5. The van der Waals surface area contributed by atoms with Crippen LogP contribution in [0.3, 0.4) is 0 Å². The van der Waals surface area contributed by atoms with Gasteiger partial charge in [-0.3, -0.25) is 0 Å². The zero-order chi connectivity index (χ0) is 10.2. The van der Waals surface area contributed by atoms with Crippen LogP contribution in [-0.2, 0) is 0 Å². The summed E-state index contributed by atoms with van der Waals surface area (Å²) in [5, 5.41) is 6.31. The van der Waals surface area contributed by atoms with Gasteiger partial charge in [0.15, 0.2) is 0 Å². The first-order chi connectivity index (χ1) is 6.24. The predicted octanol–water partition coefficient (Wildman–Crippen LogP) is 5.08. The summed E-state index contributed by atoms with van der Waals surface area (Å²) in [5.74, 6) is 0. The molecule has 13 heavy (non-hydrogen) atoms. The van der Waals surface area contributed by atoms with Crippen molar-refractivity contribution < 1.29 is 0 Å². The van der Waals surface area contributed by atoms with Crippen molar-refractivity contribution in [2.24, 2.45) is 0 Å². The molecule has 0 unspecified atom stereocenters. The van der Waals surface area contributed by atoms with Gasteiger partial charge in [0.05, 0.1) is 0 Å². The fourth-order valence-electron chi connectivity index (χ4n) is 2.21. The maximum absolute atomic E-state index is 2.44. The van der Waals surface area contributed by atoms with Crippen molar-refractivity contribution in [2.75, 3.05) is 0 Å². The van der Waals surface area contributed by atoms with Crippen molar-refractivity contribution in [1.82, 2.24) is 0 Å². The summed E-state index contributed by atoms with van der Waals surface area (Å²) >= 11 is -1.27. The van der Waals surface area contributed by atoms with Crippen LogP contribution < -0.4 is 0 Å². The Labute approximate surface area is 87.9 Å². The van der Waals surface area contributed by atoms with Crippen molar-refractivity contribution in [3.05, 3.63) is 0 Å². The fourth-order valence-corrected chi connectivity index (χ4v) is 9.68. The molecule has 0 fully saturated rings. The monoisotopic (exact) mass is 246 g/mol. The molecule has 0 rings (SSSR count). The van der Waals surface area contributed by atoms with Crippen molar-refractivity contribution in [3.8, 4) is 0 Å². The van der Waals surface area contributed by atoms with Crippen molar-refractivity contribution in [2.45, 2.75) is 74.4 Å². The molecule has 0 saturated carbocycles. The van der Waals surface area contributed by atoms with Gasteiger partial charge in [-0.25, -0.2) is 0 Å². The van der Waals surface area contributed by atoms with E-state index in [1.54, 1.807) is 21.0 Å². The van der Waals surface area contributed by atoms with E-state index in [-0.39, 0.29) is 0 Å². The van der Waals surface area contributed by atoms with Crippen LogP contribution in [0.25, 0.3) is 0 Å². The van der Waals surface area contributed by atoms with E-state index in [1.807, 2.05) is 0 Å². The van der Waals surface area contributed by atoms with E-state index in [0.717, 1.165) is 0 Å². The molecular formula is C12H28Ge. The summed E-state index contributed by atoms with van der Waals surface area (Å²) < 4.78 is 0. The Bertz CT molecular complexity index is 97.4. The van der Waals surface area contributed by atoms with Gasteiger partial charge >= 0.3 is 87.7 Å². The number of unbranched alkanes of at least 4 members (excludes halogenated alkanes) is 3. The van der Waals surface area contributed by atoms with Gasteiger partial charge in [0.1, 0.15) is 0 Å². The molecule has 0 amide bonds. The molecule has 0 spiro atoms. The second-order valence-corrected chi connectivity index (χ2v) is 16.2. The van der Waals surface area contributed by atoms with Crippen LogP contribution in [0.1, 0.15) is 53.4 Å². The van der Waals surface area contributed by atoms with E-state index in [9.17, 15) is 0 Å². The predicted molar refractivity (Wildman–Crippen MR) is 66.1 cm³/mol. The Kier molecular flexibility index (Phi) is 8.23. The Morgan fingerprint density at radius 1 is 0.692 bits per heavy atom. The van der Waals surface area contributed by atoms with Crippen LogP contribution in [0.5, 0.6) is 0 Å². The molecule has 0 aliphatic carbocycles. The van der Waals surface area contributed by atoms with Crippen LogP contribution in [0, 0.1) is 0 Å². The zero-order valence-electron chi connectivity index (χ0n) is 10.2. The molecule has 0 radical (unpaired) electrons. The van der Waals surface area contributed by atoms with Crippen LogP contribution >= 0.6 is 0 Å². The summed E-state index contributed by atoms with van der Waals surface area (Å²) in [6, 6.07) is 0. The van der Waals surface area contributed by atoms with E-state index in [2.05, 4.69) is 27.7 Å². The van der Waals surface area contributed by atoms with Crippen molar-refractivity contribution in [3.63, 3.8) is 0 Å². The molecule has 0 N–H and O–H groups in total. The number of hydrogen-bond acceptors (Lipinski definition) is 0. The van der Waals surface area contributed by atoms with Gasteiger partial charge in [0, 0.05) is 0 Å². The maximum atomic E-state index is 2.44. The molecule has 0 aromatic rings. The van der Waals surface area contributed by atoms with E-state index in [1.165, 1.54) is 25.7 Å². The molecule has 0 atom stereocenters. The van der Waals surface area contributed by atoms with Gasteiger partial charge in [-0.2, -0.15) is 0 Å². The Balaban J connectivity index is 3.68. The normalized spacial score (nSPS) is 12.0. The number of hydrogen-bond donors (Lipinski definition) is 0. The third-order valence-corrected chi connectivity index (χ3v) is 16.2. The molecular weight excluding hydrogens is 217 g/mol. The standard InChI is InChI=1S/C12H28Ge/c1-5-9-10-11-12-13(6-2,7-3)8-4/h5-12H2,1-4H3. The third-order valence-electron chi connectivity index (χ3n) is 3.81. The van der Waals surface area contributed by atoms with Gasteiger partial charge in [-0.05, 0) is 0 Å². The molecule has 0 saturated heterocycles. The van der Waals surface area contributed by atoms with E-state index >= 15 is 0 Å². The van der Waals surface area contributed by atoms with Gasteiger partial charge < -0.3 is 0 Å². The minimum absolute atomic E-state index is 1.27. The summed E-state index contributed by atoms with van der Waals surface area (Å²) in [4.78, 5) is 0. The topological polar surface area (TPSA) is 0 Å². The Hall–Kier alpha value is 0.543. The average Bonchev–Trinajstić information content (AvgIpc) is 2.20. The first-order valence-electron chi connectivity index (χ1n) is 6.24. The summed E-state index contributed by atoms with van der Waals surface area (Å²) in [5.41, 5.74) is 0. The third kappa shape index (κ3) is 5.09. The number of rotatable bonds is 8. The second kappa shape index (κ2) is 7.90.